The number of para-hydroxylation sites is 1. The fourth-order valence-electron chi connectivity index (χ4n) is 3.80. The summed E-state index contributed by atoms with van der Waals surface area (Å²) >= 11 is 0. The second-order valence-corrected chi connectivity index (χ2v) is 7.39. The van der Waals surface area contributed by atoms with Gasteiger partial charge in [-0.3, -0.25) is 4.79 Å². The molecule has 2 aliphatic rings. The van der Waals surface area contributed by atoms with Crippen molar-refractivity contribution in [3.05, 3.63) is 60.2 Å². The Morgan fingerprint density at radius 1 is 1.04 bits per heavy atom. The van der Waals surface area contributed by atoms with E-state index in [0.29, 0.717) is 17.7 Å². The van der Waals surface area contributed by atoms with Gasteiger partial charge < -0.3 is 9.88 Å². The molecule has 1 aliphatic carbocycles. The van der Waals surface area contributed by atoms with Gasteiger partial charge in [-0.05, 0) is 37.8 Å². The molecule has 1 aromatic carbocycles. The molecule has 0 bridgehead atoms. The van der Waals surface area contributed by atoms with Gasteiger partial charge in [0.1, 0.15) is 5.82 Å². The summed E-state index contributed by atoms with van der Waals surface area (Å²) < 4.78 is 1.85. The molecule has 27 heavy (non-hydrogen) atoms. The Bertz CT molecular complexity index is 921. The summed E-state index contributed by atoms with van der Waals surface area (Å²) in [5, 5.41) is 4.58. The first-order valence-corrected chi connectivity index (χ1v) is 9.59. The number of nitrogens with one attached hydrogen (secondary N) is 1. The molecule has 0 spiro atoms. The molecule has 1 saturated heterocycles. The second-order valence-electron chi connectivity index (χ2n) is 7.39. The summed E-state index contributed by atoms with van der Waals surface area (Å²) in [5.74, 6) is 2.03. The van der Waals surface area contributed by atoms with Crippen molar-refractivity contribution in [2.45, 2.75) is 37.5 Å². The smallest absolute Gasteiger partial charge is 0.293 e. The van der Waals surface area contributed by atoms with Crippen molar-refractivity contribution in [3.8, 4) is 5.69 Å². The molecule has 1 saturated carbocycles. The molecule has 7 nitrogen and oxygen atoms in total. The Kier molecular flexibility index (Phi) is 3.99. The molecule has 0 atom stereocenters. The van der Waals surface area contributed by atoms with Crippen LogP contribution in [0.3, 0.4) is 0 Å². The Balaban J connectivity index is 1.35. The van der Waals surface area contributed by atoms with E-state index in [0.717, 1.165) is 56.0 Å². The van der Waals surface area contributed by atoms with Crippen molar-refractivity contribution in [3.63, 3.8) is 0 Å². The molecule has 1 N–H and O–H groups in total. The van der Waals surface area contributed by atoms with Gasteiger partial charge in [0.05, 0.1) is 12.0 Å². The van der Waals surface area contributed by atoms with E-state index < -0.39 is 0 Å². The summed E-state index contributed by atoms with van der Waals surface area (Å²) in [6.45, 7) is 1.45. The van der Waals surface area contributed by atoms with Crippen LogP contribution in [0.1, 0.15) is 59.7 Å². The molecule has 138 valence electrons. The van der Waals surface area contributed by atoms with Crippen LogP contribution in [0.25, 0.3) is 5.69 Å². The van der Waals surface area contributed by atoms with Gasteiger partial charge in [0.25, 0.3) is 5.91 Å². The topological polar surface area (TPSA) is 79.7 Å². The summed E-state index contributed by atoms with van der Waals surface area (Å²) in [7, 11) is 0. The zero-order valence-electron chi connectivity index (χ0n) is 15.1. The maximum Gasteiger partial charge on any atom is 0.293 e. The van der Waals surface area contributed by atoms with Crippen LogP contribution in [-0.4, -0.2) is 48.6 Å². The number of imidazole rings is 1. The van der Waals surface area contributed by atoms with E-state index in [9.17, 15) is 4.79 Å². The van der Waals surface area contributed by atoms with Crippen LogP contribution in [0.5, 0.6) is 0 Å². The van der Waals surface area contributed by atoms with Crippen molar-refractivity contribution in [2.75, 3.05) is 13.1 Å². The third kappa shape index (κ3) is 3.13. The number of piperidine rings is 1. The Morgan fingerprint density at radius 3 is 2.48 bits per heavy atom. The van der Waals surface area contributed by atoms with E-state index in [1.165, 1.54) is 0 Å². The van der Waals surface area contributed by atoms with Crippen LogP contribution < -0.4 is 0 Å². The Labute approximate surface area is 157 Å². The third-order valence-corrected chi connectivity index (χ3v) is 5.51. The van der Waals surface area contributed by atoms with Crippen LogP contribution in [0.2, 0.25) is 0 Å². The lowest BCUT2D eigenvalue weighted by molar-refractivity contribution is 0.0700. The van der Waals surface area contributed by atoms with Gasteiger partial charge in [-0.1, -0.05) is 18.2 Å². The molecular formula is C20H22N6O. The lowest BCUT2D eigenvalue weighted by atomic mass is 9.94. The average Bonchev–Trinajstić information content (AvgIpc) is 3.24. The summed E-state index contributed by atoms with van der Waals surface area (Å²) in [6.07, 6.45) is 7.70. The van der Waals surface area contributed by atoms with Gasteiger partial charge in [-0.25, -0.2) is 14.6 Å². The highest BCUT2D eigenvalue weighted by atomic mass is 16.2. The summed E-state index contributed by atoms with van der Waals surface area (Å²) in [4.78, 5) is 26.8. The summed E-state index contributed by atoms with van der Waals surface area (Å²) in [6, 6.07) is 9.95. The van der Waals surface area contributed by atoms with E-state index >= 15 is 0 Å². The minimum Gasteiger partial charge on any atom is -0.348 e. The van der Waals surface area contributed by atoms with Gasteiger partial charge in [-0.15, -0.1) is 5.10 Å². The van der Waals surface area contributed by atoms with E-state index in [-0.39, 0.29) is 5.91 Å². The molecule has 0 unspecified atom stereocenters. The predicted molar refractivity (Wildman–Crippen MR) is 99.8 cm³/mol. The number of carbonyl (C=O) groups is 1. The van der Waals surface area contributed by atoms with Crippen molar-refractivity contribution < 1.29 is 4.79 Å². The molecular weight excluding hydrogens is 340 g/mol. The first-order valence-electron chi connectivity index (χ1n) is 9.59. The zero-order chi connectivity index (χ0) is 18.2. The number of aromatic amines is 1. The van der Waals surface area contributed by atoms with Crippen LogP contribution in [0.15, 0.2) is 42.9 Å². The highest BCUT2D eigenvalue weighted by Crippen LogP contribution is 2.40. The number of benzene rings is 1. The van der Waals surface area contributed by atoms with Gasteiger partial charge >= 0.3 is 0 Å². The molecule has 2 fully saturated rings. The number of aromatic nitrogens is 5. The maximum atomic E-state index is 13.0. The van der Waals surface area contributed by atoms with Gasteiger partial charge in [0.2, 0.25) is 5.82 Å². The maximum absolute atomic E-state index is 13.0. The number of amides is 1. The number of hydrogen-bond acceptors (Lipinski definition) is 4. The van der Waals surface area contributed by atoms with E-state index in [1.54, 1.807) is 6.33 Å². The van der Waals surface area contributed by atoms with Gasteiger partial charge in [0, 0.05) is 36.8 Å². The molecule has 1 aliphatic heterocycles. The first kappa shape index (κ1) is 16.2. The Hall–Kier alpha value is -2.96. The largest absolute Gasteiger partial charge is 0.348 e. The molecule has 0 radical (unpaired) electrons. The SMILES string of the molecule is O=C(c1nc(C2CC2)n(-c2ccccc2)n1)N1CCC(c2cnc[nH]2)CC1. The number of H-pyrrole nitrogens is 1. The quantitative estimate of drug-likeness (QED) is 0.774. The summed E-state index contributed by atoms with van der Waals surface area (Å²) in [5.41, 5.74) is 2.12. The lowest BCUT2D eigenvalue weighted by Crippen LogP contribution is -2.38. The fourth-order valence-corrected chi connectivity index (χ4v) is 3.80. The van der Waals surface area contributed by atoms with Gasteiger partial charge in [-0.2, -0.15) is 0 Å². The minimum absolute atomic E-state index is 0.0605. The van der Waals surface area contributed by atoms with Crippen molar-refractivity contribution in [1.29, 1.82) is 0 Å². The molecule has 5 rings (SSSR count). The number of likely N-dealkylation sites (tertiary alicyclic amines) is 1. The minimum atomic E-state index is -0.0605. The first-order chi connectivity index (χ1) is 13.3. The van der Waals surface area contributed by atoms with Crippen molar-refractivity contribution >= 4 is 5.91 Å². The van der Waals surface area contributed by atoms with Crippen LogP contribution in [0.4, 0.5) is 0 Å². The number of carbonyl (C=O) groups excluding carboxylic acids is 1. The van der Waals surface area contributed by atoms with Crippen LogP contribution >= 0.6 is 0 Å². The predicted octanol–water partition coefficient (Wildman–Crippen LogP) is 2.89. The van der Waals surface area contributed by atoms with Crippen LogP contribution in [-0.2, 0) is 0 Å². The van der Waals surface area contributed by atoms with E-state index in [4.69, 9.17) is 0 Å². The van der Waals surface area contributed by atoms with E-state index in [1.807, 2.05) is 46.1 Å². The zero-order valence-corrected chi connectivity index (χ0v) is 15.1. The average molecular weight is 362 g/mol. The normalized spacial score (nSPS) is 18.0. The van der Waals surface area contributed by atoms with Crippen LogP contribution in [0, 0.1) is 0 Å². The number of nitrogens with zero attached hydrogens (tertiary/aromatic N) is 5. The molecule has 3 aromatic rings. The highest BCUT2D eigenvalue weighted by Gasteiger charge is 2.33. The standard InChI is InChI=1S/C20H22N6O/c27-20(25-10-8-14(9-11-25)17-12-21-13-22-17)18-23-19(15-6-7-15)26(24-18)16-4-2-1-3-5-16/h1-5,12-15H,6-11H2,(H,21,22). The fraction of sp³-hybridized carbons (Fsp3) is 0.400. The van der Waals surface area contributed by atoms with E-state index in [2.05, 4.69) is 20.1 Å². The van der Waals surface area contributed by atoms with Crippen molar-refractivity contribution in [2.24, 2.45) is 0 Å². The molecule has 1 amide bonds. The third-order valence-electron chi connectivity index (χ3n) is 5.51. The monoisotopic (exact) mass is 362 g/mol. The molecule has 2 aromatic heterocycles. The number of rotatable bonds is 4. The molecule has 7 heteroatoms. The number of hydrogen-bond donors (Lipinski definition) is 1. The highest BCUT2D eigenvalue weighted by molar-refractivity contribution is 5.90. The van der Waals surface area contributed by atoms with Crippen molar-refractivity contribution in [1.82, 2.24) is 29.6 Å². The lowest BCUT2D eigenvalue weighted by Gasteiger charge is -2.30. The van der Waals surface area contributed by atoms with Gasteiger partial charge in [0.15, 0.2) is 0 Å². The molecule has 3 heterocycles. The second kappa shape index (κ2) is 6.64. The Morgan fingerprint density at radius 2 is 1.81 bits per heavy atom.